The predicted molar refractivity (Wildman–Crippen MR) is 72.5 cm³/mol. The van der Waals surface area contributed by atoms with Gasteiger partial charge in [-0.2, -0.15) is 13.2 Å². The van der Waals surface area contributed by atoms with Gasteiger partial charge in [0.05, 0.1) is 11.5 Å². The monoisotopic (exact) mass is 293 g/mol. The highest BCUT2D eigenvalue weighted by atomic mass is 19.4. The quantitative estimate of drug-likeness (QED) is 0.776. The fraction of sp³-hybridized carbons (Fsp3) is 1.00. The van der Waals surface area contributed by atoms with Gasteiger partial charge in [-0.25, -0.2) is 0 Å². The Kier molecular flexibility index (Phi) is 5.35. The maximum absolute atomic E-state index is 12.6. The highest BCUT2D eigenvalue weighted by Crippen LogP contribution is 2.37. The fourth-order valence-electron chi connectivity index (χ4n) is 3.52. The third kappa shape index (κ3) is 4.62. The lowest BCUT2D eigenvalue weighted by molar-refractivity contribution is -0.182. The van der Waals surface area contributed by atoms with Crippen LogP contribution < -0.4 is 5.32 Å². The lowest BCUT2D eigenvalue weighted by atomic mass is 9.85. The summed E-state index contributed by atoms with van der Waals surface area (Å²) in [6.45, 7) is 0.536. The maximum Gasteiger partial charge on any atom is 0.391 e. The molecule has 2 nitrogen and oxygen atoms in total. The van der Waals surface area contributed by atoms with Crippen LogP contribution in [-0.2, 0) is 0 Å². The van der Waals surface area contributed by atoms with Crippen LogP contribution in [-0.4, -0.2) is 29.5 Å². The number of hydrogen-bond acceptors (Lipinski definition) is 2. The van der Waals surface area contributed by atoms with E-state index in [1.807, 2.05) is 0 Å². The van der Waals surface area contributed by atoms with Crippen molar-refractivity contribution < 1.29 is 18.3 Å². The van der Waals surface area contributed by atoms with Gasteiger partial charge in [0, 0.05) is 12.6 Å². The van der Waals surface area contributed by atoms with Crippen LogP contribution in [0.1, 0.15) is 64.2 Å². The standard InChI is InChI=1S/C15H26F3NO/c16-15(17,18)12-5-7-13(8-6-12)19-11-14(20)9-3-1-2-4-10-14/h12-13,19-20H,1-11H2. The van der Waals surface area contributed by atoms with Crippen molar-refractivity contribution in [2.24, 2.45) is 5.92 Å². The molecule has 2 fully saturated rings. The minimum Gasteiger partial charge on any atom is -0.389 e. The van der Waals surface area contributed by atoms with Crippen molar-refractivity contribution in [3.8, 4) is 0 Å². The molecule has 0 radical (unpaired) electrons. The second kappa shape index (κ2) is 6.65. The third-order valence-corrected chi connectivity index (χ3v) is 4.94. The first-order valence-corrected chi connectivity index (χ1v) is 7.92. The van der Waals surface area contributed by atoms with Gasteiger partial charge in [0.2, 0.25) is 0 Å². The molecule has 2 N–H and O–H groups in total. The first-order valence-electron chi connectivity index (χ1n) is 7.92. The van der Waals surface area contributed by atoms with Crippen molar-refractivity contribution in [1.82, 2.24) is 5.32 Å². The molecule has 0 amide bonds. The van der Waals surface area contributed by atoms with Crippen LogP contribution in [0.4, 0.5) is 13.2 Å². The molecule has 0 atom stereocenters. The van der Waals surface area contributed by atoms with Crippen LogP contribution in [0, 0.1) is 5.92 Å². The number of halogens is 3. The summed E-state index contributed by atoms with van der Waals surface area (Å²) in [5.41, 5.74) is -0.641. The molecule has 0 aromatic heterocycles. The summed E-state index contributed by atoms with van der Waals surface area (Å²) in [5, 5.41) is 13.8. The molecule has 0 spiro atoms. The second-order valence-electron chi connectivity index (χ2n) is 6.61. The summed E-state index contributed by atoms with van der Waals surface area (Å²) in [4.78, 5) is 0. The number of aliphatic hydroxyl groups is 1. The van der Waals surface area contributed by atoms with Gasteiger partial charge in [-0.1, -0.05) is 25.7 Å². The summed E-state index contributed by atoms with van der Waals surface area (Å²) in [6, 6.07) is 0.140. The van der Waals surface area contributed by atoms with E-state index in [1.165, 1.54) is 12.8 Å². The Hall–Kier alpha value is -0.290. The van der Waals surface area contributed by atoms with Gasteiger partial charge in [-0.05, 0) is 38.5 Å². The topological polar surface area (TPSA) is 32.3 Å². The lowest BCUT2D eigenvalue weighted by Crippen LogP contribution is -2.46. The first kappa shape index (κ1) is 16.1. The summed E-state index contributed by atoms with van der Waals surface area (Å²) in [5.74, 6) is -1.12. The molecular formula is C15H26F3NO. The van der Waals surface area contributed by atoms with Crippen LogP contribution in [0.25, 0.3) is 0 Å². The average Bonchev–Trinajstić information content (AvgIpc) is 2.61. The van der Waals surface area contributed by atoms with Gasteiger partial charge >= 0.3 is 6.18 Å². The largest absolute Gasteiger partial charge is 0.391 e. The van der Waals surface area contributed by atoms with Crippen LogP contribution in [0.5, 0.6) is 0 Å². The maximum atomic E-state index is 12.6. The molecule has 2 aliphatic rings. The molecule has 0 aliphatic heterocycles. The average molecular weight is 293 g/mol. The molecule has 0 aromatic rings. The van der Waals surface area contributed by atoms with Crippen molar-refractivity contribution >= 4 is 0 Å². The Balaban J connectivity index is 1.73. The zero-order valence-corrected chi connectivity index (χ0v) is 12.0. The summed E-state index contributed by atoms with van der Waals surface area (Å²) in [7, 11) is 0. The van der Waals surface area contributed by atoms with E-state index in [0.29, 0.717) is 19.4 Å². The Morgan fingerprint density at radius 3 is 2.00 bits per heavy atom. The molecule has 20 heavy (non-hydrogen) atoms. The molecule has 0 saturated heterocycles. The molecular weight excluding hydrogens is 267 g/mol. The zero-order chi connectivity index (χ0) is 14.6. The van der Waals surface area contributed by atoms with Crippen molar-refractivity contribution in [2.45, 2.75) is 82.0 Å². The molecule has 0 aromatic carbocycles. The van der Waals surface area contributed by atoms with Gasteiger partial charge in [0.25, 0.3) is 0 Å². The van der Waals surface area contributed by atoms with Crippen LogP contribution in [0.15, 0.2) is 0 Å². The molecule has 2 rings (SSSR count). The number of nitrogens with one attached hydrogen (secondary N) is 1. The number of alkyl halides is 3. The van der Waals surface area contributed by atoms with Crippen molar-refractivity contribution in [3.05, 3.63) is 0 Å². The van der Waals surface area contributed by atoms with Gasteiger partial charge in [-0.15, -0.1) is 0 Å². The van der Waals surface area contributed by atoms with E-state index >= 15 is 0 Å². The fourth-order valence-corrected chi connectivity index (χ4v) is 3.52. The number of rotatable bonds is 3. The van der Waals surface area contributed by atoms with Gasteiger partial charge in [0.1, 0.15) is 0 Å². The third-order valence-electron chi connectivity index (χ3n) is 4.94. The Bertz CT molecular complexity index is 290. The molecule has 118 valence electrons. The van der Waals surface area contributed by atoms with Crippen LogP contribution in [0.2, 0.25) is 0 Å². The van der Waals surface area contributed by atoms with Gasteiger partial charge < -0.3 is 10.4 Å². The van der Waals surface area contributed by atoms with E-state index in [4.69, 9.17) is 0 Å². The lowest BCUT2D eigenvalue weighted by Gasteiger charge is -2.34. The Morgan fingerprint density at radius 2 is 1.50 bits per heavy atom. The molecule has 2 saturated carbocycles. The minimum absolute atomic E-state index is 0.140. The van der Waals surface area contributed by atoms with E-state index in [2.05, 4.69) is 5.32 Å². The first-order chi connectivity index (χ1) is 9.39. The van der Waals surface area contributed by atoms with Gasteiger partial charge in [-0.3, -0.25) is 0 Å². The summed E-state index contributed by atoms with van der Waals surface area (Å²) >= 11 is 0. The van der Waals surface area contributed by atoms with E-state index in [0.717, 1.165) is 25.7 Å². The normalized spacial score (nSPS) is 31.8. The highest BCUT2D eigenvalue weighted by molar-refractivity contribution is 4.87. The van der Waals surface area contributed by atoms with E-state index in [-0.39, 0.29) is 18.9 Å². The van der Waals surface area contributed by atoms with E-state index < -0.39 is 17.7 Å². The molecule has 0 unspecified atom stereocenters. The summed E-state index contributed by atoms with van der Waals surface area (Å²) in [6.07, 6.45) is 3.65. The minimum atomic E-state index is -4.04. The Labute approximate surface area is 119 Å². The summed E-state index contributed by atoms with van der Waals surface area (Å²) < 4.78 is 37.8. The smallest absolute Gasteiger partial charge is 0.389 e. The van der Waals surface area contributed by atoms with E-state index in [1.54, 1.807) is 0 Å². The highest BCUT2D eigenvalue weighted by Gasteiger charge is 2.41. The van der Waals surface area contributed by atoms with Crippen molar-refractivity contribution in [2.75, 3.05) is 6.54 Å². The van der Waals surface area contributed by atoms with Crippen molar-refractivity contribution in [1.29, 1.82) is 0 Å². The van der Waals surface area contributed by atoms with Crippen LogP contribution >= 0.6 is 0 Å². The molecule has 0 bridgehead atoms. The molecule has 5 heteroatoms. The predicted octanol–water partition coefficient (Wildman–Crippen LogP) is 3.78. The van der Waals surface area contributed by atoms with Crippen LogP contribution in [0.3, 0.4) is 0 Å². The zero-order valence-electron chi connectivity index (χ0n) is 12.0. The van der Waals surface area contributed by atoms with Crippen molar-refractivity contribution in [3.63, 3.8) is 0 Å². The number of hydrogen-bond donors (Lipinski definition) is 2. The van der Waals surface area contributed by atoms with Gasteiger partial charge in [0.15, 0.2) is 0 Å². The molecule has 2 aliphatic carbocycles. The second-order valence-corrected chi connectivity index (χ2v) is 6.61. The Morgan fingerprint density at radius 1 is 0.950 bits per heavy atom. The SMILES string of the molecule is OC1(CNC2CCC(C(F)(F)F)CC2)CCCCCC1. The molecule has 0 heterocycles. The van der Waals surface area contributed by atoms with E-state index in [9.17, 15) is 18.3 Å².